The molecule has 2 aromatic heterocycles. The van der Waals surface area contributed by atoms with E-state index in [1.54, 1.807) is 12.4 Å². The monoisotopic (exact) mass is 418 g/mol. The summed E-state index contributed by atoms with van der Waals surface area (Å²) >= 11 is 12.2. The minimum Gasteiger partial charge on any atom is -0.294 e. The van der Waals surface area contributed by atoms with Crippen LogP contribution in [0.5, 0.6) is 0 Å². The number of aromatic nitrogens is 4. The van der Waals surface area contributed by atoms with Gasteiger partial charge in [0, 0.05) is 46.2 Å². The van der Waals surface area contributed by atoms with Crippen LogP contribution in [-0.2, 0) is 0 Å². The second-order valence-corrected chi connectivity index (χ2v) is 8.22. The molecule has 0 radical (unpaired) electrons. The predicted octanol–water partition coefficient (Wildman–Crippen LogP) is 6.16. The molecule has 0 N–H and O–H groups in total. The Morgan fingerprint density at radius 1 is 0.692 bits per heavy atom. The van der Waals surface area contributed by atoms with Crippen LogP contribution in [0.3, 0.4) is 0 Å². The molecule has 0 spiro atoms. The van der Waals surface area contributed by atoms with Crippen molar-refractivity contribution in [1.82, 2.24) is 19.1 Å². The number of nitrogens with zero attached hydrogens (tertiary/aromatic N) is 4. The minimum atomic E-state index is 0.691. The highest BCUT2D eigenvalue weighted by molar-refractivity contribution is 8.76. The van der Waals surface area contributed by atoms with E-state index in [0.29, 0.717) is 10.0 Å². The van der Waals surface area contributed by atoms with Gasteiger partial charge in [-0.25, -0.2) is 9.97 Å². The van der Waals surface area contributed by atoms with E-state index in [1.807, 2.05) is 70.1 Å². The largest absolute Gasteiger partial charge is 0.294 e. The van der Waals surface area contributed by atoms with Gasteiger partial charge in [0.1, 0.15) is 0 Å². The molecule has 0 saturated heterocycles. The highest BCUT2D eigenvalue weighted by Gasteiger charge is 2.11. The van der Waals surface area contributed by atoms with E-state index in [-0.39, 0.29) is 0 Å². The zero-order valence-electron chi connectivity index (χ0n) is 13.3. The zero-order chi connectivity index (χ0) is 17.9. The molecule has 0 aliphatic rings. The molecule has 0 saturated carbocycles. The fourth-order valence-electron chi connectivity index (χ4n) is 2.42. The van der Waals surface area contributed by atoms with Crippen molar-refractivity contribution in [1.29, 1.82) is 0 Å². The maximum atomic E-state index is 6.10. The highest BCUT2D eigenvalue weighted by Crippen LogP contribution is 2.37. The van der Waals surface area contributed by atoms with Crippen LogP contribution in [-0.4, -0.2) is 19.1 Å². The third-order valence-electron chi connectivity index (χ3n) is 3.58. The molecule has 0 fully saturated rings. The molecular weight excluding hydrogens is 407 g/mol. The number of rotatable bonds is 5. The van der Waals surface area contributed by atoms with E-state index in [9.17, 15) is 0 Å². The van der Waals surface area contributed by atoms with Gasteiger partial charge in [-0.15, -0.1) is 0 Å². The number of imidazole rings is 2. The topological polar surface area (TPSA) is 35.6 Å². The molecule has 2 aromatic carbocycles. The summed E-state index contributed by atoms with van der Waals surface area (Å²) in [6.07, 6.45) is 7.37. The summed E-state index contributed by atoms with van der Waals surface area (Å²) < 4.78 is 3.99. The number of hydrogen-bond donors (Lipinski definition) is 0. The lowest BCUT2D eigenvalue weighted by Gasteiger charge is -2.09. The van der Waals surface area contributed by atoms with Crippen LogP contribution in [0.25, 0.3) is 11.4 Å². The van der Waals surface area contributed by atoms with Gasteiger partial charge < -0.3 is 0 Å². The van der Waals surface area contributed by atoms with Crippen molar-refractivity contribution in [2.75, 3.05) is 0 Å². The molecule has 0 bridgehead atoms. The molecular formula is C18H12Cl2N4S2. The minimum absolute atomic E-state index is 0.691. The molecule has 4 nitrogen and oxygen atoms in total. The Hall–Kier alpha value is -1.86. The van der Waals surface area contributed by atoms with Gasteiger partial charge in [0.25, 0.3) is 0 Å². The van der Waals surface area contributed by atoms with E-state index in [1.165, 1.54) is 21.6 Å². The number of hydrogen-bond acceptors (Lipinski definition) is 4. The Kier molecular flexibility index (Phi) is 5.26. The Morgan fingerprint density at radius 3 is 1.58 bits per heavy atom. The maximum absolute atomic E-state index is 6.10. The fraction of sp³-hybridized carbons (Fsp3) is 0. The van der Waals surface area contributed by atoms with Gasteiger partial charge in [-0.2, -0.15) is 0 Å². The van der Waals surface area contributed by atoms with Gasteiger partial charge in [-0.1, -0.05) is 35.3 Å². The Morgan fingerprint density at radius 2 is 1.15 bits per heavy atom. The van der Waals surface area contributed by atoms with Gasteiger partial charge in [0.2, 0.25) is 0 Å². The molecule has 2 heterocycles. The summed E-state index contributed by atoms with van der Waals surface area (Å²) in [6, 6.07) is 15.4. The molecule has 0 aliphatic heterocycles. The van der Waals surface area contributed by atoms with E-state index in [0.717, 1.165) is 21.7 Å². The molecule has 130 valence electrons. The average Bonchev–Trinajstić information content (AvgIpc) is 3.29. The van der Waals surface area contributed by atoms with Crippen LogP contribution in [0.2, 0.25) is 10.0 Å². The van der Waals surface area contributed by atoms with Gasteiger partial charge in [-0.3, -0.25) is 9.13 Å². The van der Waals surface area contributed by atoms with E-state index in [4.69, 9.17) is 23.2 Å². The van der Waals surface area contributed by atoms with Crippen molar-refractivity contribution in [3.05, 3.63) is 83.4 Å². The van der Waals surface area contributed by atoms with E-state index < -0.39 is 0 Å². The first kappa shape index (κ1) is 17.5. The van der Waals surface area contributed by atoms with Crippen molar-refractivity contribution in [2.24, 2.45) is 0 Å². The highest BCUT2D eigenvalue weighted by atomic mass is 35.5. The van der Waals surface area contributed by atoms with Crippen LogP contribution in [0.4, 0.5) is 0 Å². The lowest BCUT2D eigenvalue weighted by atomic mass is 10.3. The summed E-state index contributed by atoms with van der Waals surface area (Å²) in [5, 5.41) is 3.07. The first-order valence-corrected chi connectivity index (χ1v) is 10.5. The quantitative estimate of drug-likeness (QED) is 0.363. The molecule has 0 unspecified atom stereocenters. The van der Waals surface area contributed by atoms with E-state index >= 15 is 0 Å². The predicted molar refractivity (Wildman–Crippen MR) is 109 cm³/mol. The normalized spacial score (nSPS) is 11.0. The van der Waals surface area contributed by atoms with E-state index in [2.05, 4.69) is 9.97 Å². The molecule has 4 aromatic rings. The van der Waals surface area contributed by atoms with Gasteiger partial charge in [0.15, 0.2) is 10.3 Å². The zero-order valence-corrected chi connectivity index (χ0v) is 16.4. The summed E-state index contributed by atoms with van der Waals surface area (Å²) in [4.78, 5) is 8.88. The number of halogens is 2. The van der Waals surface area contributed by atoms with Crippen molar-refractivity contribution < 1.29 is 0 Å². The first-order chi connectivity index (χ1) is 12.7. The third kappa shape index (κ3) is 3.78. The number of benzene rings is 2. The average molecular weight is 419 g/mol. The second kappa shape index (κ2) is 7.80. The molecule has 0 atom stereocenters. The molecule has 0 aliphatic carbocycles. The van der Waals surface area contributed by atoms with Crippen molar-refractivity contribution in [3.63, 3.8) is 0 Å². The fourth-order valence-corrected chi connectivity index (χ4v) is 4.83. The van der Waals surface area contributed by atoms with Gasteiger partial charge in [-0.05, 0) is 58.0 Å². The van der Waals surface area contributed by atoms with Crippen LogP contribution < -0.4 is 0 Å². The Bertz CT molecular complexity index is 961. The van der Waals surface area contributed by atoms with Crippen LogP contribution >= 0.6 is 44.8 Å². The lowest BCUT2D eigenvalue weighted by Crippen LogP contribution is -1.95. The molecule has 26 heavy (non-hydrogen) atoms. The van der Waals surface area contributed by atoms with Crippen molar-refractivity contribution >= 4 is 44.8 Å². The van der Waals surface area contributed by atoms with Crippen LogP contribution in [0.15, 0.2) is 83.6 Å². The molecule has 0 amide bonds. The molecule has 4 rings (SSSR count). The summed E-state index contributed by atoms with van der Waals surface area (Å²) in [5.41, 5.74) is 1.94. The Labute approximate surface area is 168 Å². The summed E-state index contributed by atoms with van der Waals surface area (Å²) in [7, 11) is 3.07. The SMILES string of the molecule is Clc1cccc(-n2ccnc2SSc2nccn2-c2cccc(Cl)c2)c1. The molecule has 8 heteroatoms. The van der Waals surface area contributed by atoms with Crippen molar-refractivity contribution in [3.8, 4) is 11.4 Å². The van der Waals surface area contributed by atoms with Crippen LogP contribution in [0, 0.1) is 0 Å². The Balaban J connectivity index is 1.57. The van der Waals surface area contributed by atoms with Crippen LogP contribution in [0.1, 0.15) is 0 Å². The second-order valence-electron chi connectivity index (χ2n) is 5.29. The summed E-state index contributed by atoms with van der Waals surface area (Å²) in [5.74, 6) is 0. The standard InChI is InChI=1S/C18H12Cl2N4S2/c19-13-3-1-5-15(11-13)23-9-7-21-17(23)25-26-18-22-8-10-24(18)16-6-2-4-14(20)12-16/h1-12H. The summed E-state index contributed by atoms with van der Waals surface area (Å²) in [6.45, 7) is 0. The van der Waals surface area contributed by atoms with Gasteiger partial charge >= 0.3 is 0 Å². The van der Waals surface area contributed by atoms with Gasteiger partial charge in [0.05, 0.1) is 0 Å². The maximum Gasteiger partial charge on any atom is 0.183 e. The van der Waals surface area contributed by atoms with Crippen molar-refractivity contribution in [2.45, 2.75) is 10.3 Å². The smallest absolute Gasteiger partial charge is 0.183 e. The first-order valence-electron chi connectivity index (χ1n) is 7.64. The third-order valence-corrected chi connectivity index (χ3v) is 6.18. The lowest BCUT2D eigenvalue weighted by molar-refractivity contribution is 0.894.